The summed E-state index contributed by atoms with van der Waals surface area (Å²) in [5, 5.41) is 17.4. The molecule has 2 N–H and O–H groups in total. The van der Waals surface area contributed by atoms with Crippen molar-refractivity contribution in [3.05, 3.63) is 101 Å². The predicted molar refractivity (Wildman–Crippen MR) is 107 cm³/mol. The van der Waals surface area contributed by atoms with Gasteiger partial charge < -0.3 is 10.2 Å². The summed E-state index contributed by atoms with van der Waals surface area (Å²) in [5.74, 6) is 0.181. The quantitative estimate of drug-likeness (QED) is 0.671. The third kappa shape index (κ3) is 9.14. The van der Waals surface area contributed by atoms with Gasteiger partial charge in [-0.05, 0) is 43.7 Å². The van der Waals surface area contributed by atoms with Crippen molar-refractivity contribution >= 4 is 12.6 Å². The van der Waals surface area contributed by atoms with Crippen LogP contribution in [0.4, 0.5) is 0 Å². The lowest BCUT2D eigenvalue weighted by Gasteiger charge is -1.93. The van der Waals surface area contributed by atoms with E-state index in [0.717, 1.165) is 23.7 Å². The van der Waals surface area contributed by atoms with E-state index in [4.69, 9.17) is 10.2 Å². The summed E-state index contributed by atoms with van der Waals surface area (Å²) in [4.78, 5) is 20.2. The summed E-state index contributed by atoms with van der Waals surface area (Å²) in [5.41, 5.74) is 4.70. The maximum absolute atomic E-state index is 10.1. The van der Waals surface area contributed by atoms with Crippen LogP contribution >= 0.6 is 0 Å². The number of aromatic hydroxyl groups is 1. The first-order valence-corrected chi connectivity index (χ1v) is 8.41. The molecule has 0 aliphatic carbocycles. The number of aldehydes is 2. The van der Waals surface area contributed by atoms with Gasteiger partial charge in [0, 0.05) is 11.1 Å². The smallest absolute Gasteiger partial charge is 0.150 e. The molecule has 0 aliphatic heterocycles. The number of hydrogen-bond donors (Lipinski definition) is 2. The second-order valence-electron chi connectivity index (χ2n) is 5.88. The van der Waals surface area contributed by atoms with Crippen LogP contribution in [0.3, 0.4) is 0 Å². The Morgan fingerprint density at radius 3 is 1.41 bits per heavy atom. The molecular formula is C23H24O4. The van der Waals surface area contributed by atoms with E-state index in [1.54, 1.807) is 12.1 Å². The molecule has 3 rings (SSSR count). The van der Waals surface area contributed by atoms with Crippen LogP contribution in [0.25, 0.3) is 0 Å². The molecule has 0 heterocycles. The monoisotopic (exact) mass is 364 g/mol. The molecule has 27 heavy (non-hydrogen) atoms. The number of carbonyl (C=O) groups excluding carboxylic acids is 2. The van der Waals surface area contributed by atoms with Crippen molar-refractivity contribution < 1.29 is 19.8 Å². The number of phenolic OH excluding ortho intramolecular Hbond substituents is 1. The van der Waals surface area contributed by atoms with E-state index in [1.807, 2.05) is 62.4 Å². The molecule has 0 spiro atoms. The molecule has 140 valence electrons. The second-order valence-corrected chi connectivity index (χ2v) is 5.88. The van der Waals surface area contributed by atoms with Crippen LogP contribution in [0.2, 0.25) is 0 Å². The fourth-order valence-corrected chi connectivity index (χ4v) is 1.89. The predicted octanol–water partition coefficient (Wildman–Crippen LogP) is 4.50. The highest BCUT2D eigenvalue weighted by molar-refractivity contribution is 5.75. The number of aryl methyl sites for hydroxylation is 2. The van der Waals surface area contributed by atoms with Gasteiger partial charge in [-0.1, -0.05) is 59.7 Å². The molecule has 3 aromatic carbocycles. The highest BCUT2D eigenvalue weighted by atomic mass is 16.3. The maximum Gasteiger partial charge on any atom is 0.150 e. The van der Waals surface area contributed by atoms with Crippen LogP contribution in [-0.4, -0.2) is 22.8 Å². The minimum absolute atomic E-state index is 0.139. The minimum atomic E-state index is 0.139. The van der Waals surface area contributed by atoms with E-state index >= 15 is 0 Å². The van der Waals surface area contributed by atoms with Gasteiger partial charge in [-0.25, -0.2) is 0 Å². The Bertz CT molecular complexity index is 755. The Kier molecular flexibility index (Phi) is 9.83. The Morgan fingerprint density at radius 1 is 0.667 bits per heavy atom. The van der Waals surface area contributed by atoms with Crippen LogP contribution in [0.1, 0.15) is 37.4 Å². The first-order chi connectivity index (χ1) is 13.0. The Hall–Kier alpha value is -3.24. The summed E-state index contributed by atoms with van der Waals surface area (Å²) in [6, 6.07) is 21.4. The Balaban J connectivity index is 0.000000202. The summed E-state index contributed by atoms with van der Waals surface area (Å²) < 4.78 is 0. The van der Waals surface area contributed by atoms with Crippen LogP contribution < -0.4 is 0 Å². The normalized spacial score (nSPS) is 9.15. The topological polar surface area (TPSA) is 74.6 Å². The molecule has 0 unspecified atom stereocenters. The molecule has 3 aromatic rings. The van der Waals surface area contributed by atoms with Gasteiger partial charge in [0.1, 0.15) is 18.3 Å². The lowest BCUT2D eigenvalue weighted by Crippen LogP contribution is -1.80. The number of phenols is 1. The minimum Gasteiger partial charge on any atom is -0.508 e. The van der Waals surface area contributed by atoms with E-state index < -0.39 is 0 Å². The number of benzene rings is 3. The van der Waals surface area contributed by atoms with Crippen LogP contribution in [0, 0.1) is 13.8 Å². The number of aliphatic hydroxyl groups excluding tert-OH is 1. The van der Waals surface area contributed by atoms with Crippen LogP contribution in [0.5, 0.6) is 5.75 Å². The summed E-state index contributed by atoms with van der Waals surface area (Å²) in [6.45, 7) is 4.16. The molecule has 4 nitrogen and oxygen atoms in total. The standard InChI is InChI=1S/C8H10O.C8H8O.C7H6O2/c2*1-7-2-4-8(6-9)5-3-7;8-5-6-1-3-7(9)4-2-6/h2-5,9H,6H2,1H3;2-6H,1H3;1-5,9H. The van der Waals surface area contributed by atoms with Crippen molar-refractivity contribution in [3.8, 4) is 5.75 Å². The van der Waals surface area contributed by atoms with Crippen LogP contribution in [-0.2, 0) is 6.61 Å². The molecule has 0 bridgehead atoms. The average Bonchev–Trinajstić information content (AvgIpc) is 2.71. The molecule has 0 atom stereocenters. The fraction of sp³-hybridized carbons (Fsp3) is 0.130. The van der Waals surface area contributed by atoms with Gasteiger partial charge in [0.25, 0.3) is 0 Å². The van der Waals surface area contributed by atoms with Crippen LogP contribution in [0.15, 0.2) is 72.8 Å². The van der Waals surface area contributed by atoms with Crippen molar-refractivity contribution in [1.29, 1.82) is 0 Å². The molecular weight excluding hydrogens is 340 g/mol. The molecule has 4 heteroatoms. The summed E-state index contributed by atoms with van der Waals surface area (Å²) >= 11 is 0. The zero-order chi connectivity index (χ0) is 20.1. The van der Waals surface area contributed by atoms with E-state index in [-0.39, 0.29) is 12.4 Å². The molecule has 0 fully saturated rings. The molecule has 0 saturated heterocycles. The van der Waals surface area contributed by atoms with Gasteiger partial charge in [0.2, 0.25) is 0 Å². The van der Waals surface area contributed by atoms with Gasteiger partial charge in [-0.15, -0.1) is 0 Å². The lowest BCUT2D eigenvalue weighted by molar-refractivity contribution is 0.111. The number of carbonyl (C=O) groups is 2. The van der Waals surface area contributed by atoms with E-state index in [1.165, 1.54) is 23.3 Å². The van der Waals surface area contributed by atoms with Gasteiger partial charge >= 0.3 is 0 Å². The molecule has 0 radical (unpaired) electrons. The van der Waals surface area contributed by atoms with Gasteiger partial charge in [-0.3, -0.25) is 9.59 Å². The van der Waals surface area contributed by atoms with E-state index in [0.29, 0.717) is 5.56 Å². The zero-order valence-electron chi connectivity index (χ0n) is 15.5. The first-order valence-electron chi connectivity index (χ1n) is 8.41. The Morgan fingerprint density at radius 2 is 1.04 bits per heavy atom. The zero-order valence-corrected chi connectivity index (χ0v) is 15.5. The lowest BCUT2D eigenvalue weighted by atomic mass is 10.2. The van der Waals surface area contributed by atoms with E-state index in [9.17, 15) is 9.59 Å². The Labute approximate surface area is 159 Å². The second kappa shape index (κ2) is 12.2. The third-order valence-corrected chi connectivity index (χ3v) is 3.55. The van der Waals surface area contributed by atoms with Crippen molar-refractivity contribution in [2.24, 2.45) is 0 Å². The van der Waals surface area contributed by atoms with Gasteiger partial charge in [0.05, 0.1) is 6.61 Å². The van der Waals surface area contributed by atoms with E-state index in [2.05, 4.69) is 0 Å². The van der Waals surface area contributed by atoms with Crippen molar-refractivity contribution in [3.63, 3.8) is 0 Å². The summed E-state index contributed by atoms with van der Waals surface area (Å²) in [6.07, 6.45) is 1.58. The third-order valence-electron chi connectivity index (χ3n) is 3.55. The van der Waals surface area contributed by atoms with Crippen molar-refractivity contribution in [2.45, 2.75) is 20.5 Å². The maximum atomic E-state index is 10.1. The number of aliphatic hydroxyl groups is 1. The first kappa shape index (κ1) is 21.8. The van der Waals surface area contributed by atoms with Gasteiger partial charge in [-0.2, -0.15) is 0 Å². The molecule has 0 aliphatic rings. The fourth-order valence-electron chi connectivity index (χ4n) is 1.89. The van der Waals surface area contributed by atoms with Crippen molar-refractivity contribution in [1.82, 2.24) is 0 Å². The molecule has 0 amide bonds. The highest BCUT2D eigenvalue weighted by Gasteiger charge is 1.87. The number of rotatable bonds is 3. The average molecular weight is 364 g/mol. The van der Waals surface area contributed by atoms with Crippen molar-refractivity contribution in [2.75, 3.05) is 0 Å². The SMILES string of the molecule is Cc1ccc(C=O)cc1.Cc1ccc(CO)cc1.O=Cc1ccc(O)cc1. The highest BCUT2D eigenvalue weighted by Crippen LogP contribution is 2.07. The number of hydrogen-bond acceptors (Lipinski definition) is 4. The summed E-state index contributed by atoms with van der Waals surface area (Å²) in [7, 11) is 0. The molecule has 0 aromatic heterocycles. The molecule has 0 saturated carbocycles. The van der Waals surface area contributed by atoms with Gasteiger partial charge in [0.15, 0.2) is 0 Å². The largest absolute Gasteiger partial charge is 0.508 e.